The molecule has 100 valence electrons. The number of rotatable bonds is 4. The largest absolute Gasteiger partial charge is 0.336 e. The SMILES string of the molecule is Cc1ccc(NC(=O)CSc2nncn2N)c(F)c1. The van der Waals surface area contributed by atoms with E-state index in [0.717, 1.165) is 17.3 Å². The van der Waals surface area contributed by atoms with Crippen LogP contribution in [0.4, 0.5) is 10.1 Å². The van der Waals surface area contributed by atoms with Crippen molar-refractivity contribution in [3.8, 4) is 0 Å². The van der Waals surface area contributed by atoms with Crippen LogP contribution in [0.1, 0.15) is 5.56 Å². The highest BCUT2D eigenvalue weighted by Crippen LogP contribution is 2.17. The number of aromatic nitrogens is 3. The zero-order valence-corrected chi connectivity index (χ0v) is 10.9. The number of carbonyl (C=O) groups is 1. The minimum Gasteiger partial charge on any atom is -0.336 e. The highest BCUT2D eigenvalue weighted by molar-refractivity contribution is 7.99. The Morgan fingerprint density at radius 1 is 1.58 bits per heavy atom. The third-order valence-electron chi connectivity index (χ3n) is 2.27. The number of nitrogens with one attached hydrogen (secondary N) is 1. The summed E-state index contributed by atoms with van der Waals surface area (Å²) < 4.78 is 14.7. The molecule has 0 bridgehead atoms. The summed E-state index contributed by atoms with van der Waals surface area (Å²) in [4.78, 5) is 11.7. The summed E-state index contributed by atoms with van der Waals surface area (Å²) in [5, 5.41) is 10.2. The predicted molar refractivity (Wildman–Crippen MR) is 70.7 cm³/mol. The van der Waals surface area contributed by atoms with Crippen LogP contribution in [-0.2, 0) is 4.79 Å². The van der Waals surface area contributed by atoms with Gasteiger partial charge in [-0.25, -0.2) is 9.07 Å². The first-order valence-electron chi connectivity index (χ1n) is 5.40. The fraction of sp³-hybridized carbons (Fsp3) is 0.182. The molecule has 1 heterocycles. The molecule has 6 nitrogen and oxygen atoms in total. The fourth-order valence-corrected chi connectivity index (χ4v) is 2.01. The highest BCUT2D eigenvalue weighted by Gasteiger charge is 2.10. The van der Waals surface area contributed by atoms with E-state index in [0.29, 0.717) is 5.16 Å². The van der Waals surface area contributed by atoms with Crippen LogP contribution in [0.15, 0.2) is 29.7 Å². The smallest absolute Gasteiger partial charge is 0.234 e. The maximum absolute atomic E-state index is 13.5. The van der Waals surface area contributed by atoms with Crippen LogP contribution >= 0.6 is 11.8 Å². The van der Waals surface area contributed by atoms with Crippen LogP contribution in [0, 0.1) is 12.7 Å². The van der Waals surface area contributed by atoms with Crippen LogP contribution in [0.2, 0.25) is 0 Å². The summed E-state index contributed by atoms with van der Waals surface area (Å²) >= 11 is 1.12. The van der Waals surface area contributed by atoms with Gasteiger partial charge in [0.15, 0.2) is 0 Å². The molecule has 0 spiro atoms. The van der Waals surface area contributed by atoms with Gasteiger partial charge in [0.1, 0.15) is 12.1 Å². The third-order valence-corrected chi connectivity index (χ3v) is 3.23. The number of amides is 1. The van der Waals surface area contributed by atoms with Crippen molar-refractivity contribution in [3.63, 3.8) is 0 Å². The first kappa shape index (κ1) is 13.3. The number of nitrogens with two attached hydrogens (primary N) is 1. The monoisotopic (exact) mass is 281 g/mol. The number of halogens is 1. The molecule has 19 heavy (non-hydrogen) atoms. The van der Waals surface area contributed by atoms with Crippen molar-refractivity contribution in [3.05, 3.63) is 35.9 Å². The molecule has 0 saturated heterocycles. The summed E-state index contributed by atoms with van der Waals surface area (Å²) in [6.45, 7) is 1.78. The zero-order valence-electron chi connectivity index (χ0n) is 10.1. The van der Waals surface area contributed by atoms with Crippen LogP contribution < -0.4 is 11.2 Å². The number of carbonyl (C=O) groups excluding carboxylic acids is 1. The first-order chi connectivity index (χ1) is 9.06. The Morgan fingerprint density at radius 2 is 2.37 bits per heavy atom. The average Bonchev–Trinajstić information content (AvgIpc) is 2.76. The minimum atomic E-state index is -0.458. The van der Waals surface area contributed by atoms with Crippen LogP contribution in [0.25, 0.3) is 0 Å². The number of nitrogen functional groups attached to an aromatic ring is 1. The van der Waals surface area contributed by atoms with Gasteiger partial charge in [-0.2, -0.15) is 0 Å². The Kier molecular flexibility index (Phi) is 4.00. The summed E-state index contributed by atoms with van der Waals surface area (Å²) in [5.74, 6) is 4.78. The van der Waals surface area contributed by atoms with E-state index >= 15 is 0 Å². The molecule has 1 amide bonds. The molecule has 3 N–H and O–H groups in total. The van der Waals surface area contributed by atoms with Crippen molar-refractivity contribution in [1.82, 2.24) is 14.9 Å². The molecular formula is C11H12FN5OS. The second kappa shape index (κ2) is 5.70. The molecule has 8 heteroatoms. The molecular weight excluding hydrogens is 269 g/mol. The summed E-state index contributed by atoms with van der Waals surface area (Å²) in [6, 6.07) is 4.61. The van der Waals surface area contributed by atoms with E-state index in [4.69, 9.17) is 5.84 Å². The van der Waals surface area contributed by atoms with Crippen molar-refractivity contribution in [1.29, 1.82) is 0 Å². The summed E-state index contributed by atoms with van der Waals surface area (Å²) in [6.07, 6.45) is 1.33. The maximum Gasteiger partial charge on any atom is 0.234 e. The molecule has 0 aliphatic heterocycles. The topological polar surface area (TPSA) is 85.8 Å². The van der Waals surface area contributed by atoms with E-state index in [1.165, 1.54) is 23.1 Å². The third kappa shape index (κ3) is 3.44. The lowest BCUT2D eigenvalue weighted by Gasteiger charge is -2.06. The van der Waals surface area contributed by atoms with Gasteiger partial charge in [0.05, 0.1) is 11.4 Å². The van der Waals surface area contributed by atoms with Crippen molar-refractivity contribution >= 4 is 23.4 Å². The summed E-state index contributed by atoms with van der Waals surface area (Å²) in [5.41, 5.74) is 0.950. The van der Waals surface area contributed by atoms with E-state index in [2.05, 4.69) is 15.5 Å². The highest BCUT2D eigenvalue weighted by atomic mass is 32.2. The van der Waals surface area contributed by atoms with Crippen molar-refractivity contribution < 1.29 is 9.18 Å². The molecule has 2 rings (SSSR count). The Bertz CT molecular complexity index is 601. The standard InChI is InChI=1S/C11H12FN5OS/c1-7-2-3-9(8(12)4-7)15-10(18)5-19-11-16-14-6-17(11)13/h2-4,6H,5,13H2,1H3,(H,15,18). The molecule has 0 fully saturated rings. The Hall–Kier alpha value is -2.09. The molecule has 0 saturated carbocycles. The van der Waals surface area contributed by atoms with Crippen LogP contribution in [0.3, 0.4) is 0 Å². The van der Waals surface area contributed by atoms with Gasteiger partial charge in [0.2, 0.25) is 11.1 Å². The van der Waals surface area contributed by atoms with E-state index in [-0.39, 0.29) is 17.3 Å². The zero-order chi connectivity index (χ0) is 13.8. The van der Waals surface area contributed by atoms with Crippen LogP contribution in [-0.4, -0.2) is 26.5 Å². The lowest BCUT2D eigenvalue weighted by atomic mass is 10.2. The van der Waals surface area contributed by atoms with Gasteiger partial charge >= 0.3 is 0 Å². The number of hydrogen-bond acceptors (Lipinski definition) is 5. The quantitative estimate of drug-likeness (QED) is 0.649. The number of benzene rings is 1. The second-order valence-corrected chi connectivity index (χ2v) is 4.78. The van der Waals surface area contributed by atoms with Crippen molar-refractivity contribution in [2.75, 3.05) is 16.9 Å². The van der Waals surface area contributed by atoms with E-state index in [1.807, 2.05) is 0 Å². The number of anilines is 1. The molecule has 0 atom stereocenters. The normalized spacial score (nSPS) is 10.4. The van der Waals surface area contributed by atoms with Gasteiger partial charge in [0.25, 0.3) is 0 Å². The molecule has 0 aliphatic rings. The van der Waals surface area contributed by atoms with Crippen molar-refractivity contribution in [2.24, 2.45) is 0 Å². The second-order valence-electron chi connectivity index (χ2n) is 3.84. The molecule has 1 aromatic carbocycles. The maximum atomic E-state index is 13.5. The van der Waals surface area contributed by atoms with E-state index < -0.39 is 5.82 Å². The predicted octanol–water partition coefficient (Wildman–Crippen LogP) is 1.17. The lowest BCUT2D eigenvalue weighted by molar-refractivity contribution is -0.113. The molecule has 2 aromatic rings. The molecule has 0 aliphatic carbocycles. The van der Waals surface area contributed by atoms with Gasteiger partial charge in [-0.15, -0.1) is 10.2 Å². The minimum absolute atomic E-state index is 0.0726. The van der Waals surface area contributed by atoms with Crippen LogP contribution in [0.5, 0.6) is 0 Å². The fourth-order valence-electron chi connectivity index (χ4n) is 1.37. The first-order valence-corrected chi connectivity index (χ1v) is 6.38. The average molecular weight is 281 g/mol. The molecule has 0 radical (unpaired) electrons. The number of thioether (sulfide) groups is 1. The van der Waals surface area contributed by atoms with E-state index in [9.17, 15) is 9.18 Å². The number of hydrogen-bond donors (Lipinski definition) is 2. The van der Waals surface area contributed by atoms with Gasteiger partial charge in [-0.1, -0.05) is 17.8 Å². The van der Waals surface area contributed by atoms with Gasteiger partial charge in [-0.05, 0) is 24.6 Å². The number of nitrogens with zero attached hydrogens (tertiary/aromatic N) is 3. The Balaban J connectivity index is 1.93. The van der Waals surface area contributed by atoms with Gasteiger partial charge < -0.3 is 11.2 Å². The summed E-state index contributed by atoms with van der Waals surface area (Å²) in [7, 11) is 0. The van der Waals surface area contributed by atoms with Gasteiger partial charge in [0, 0.05) is 0 Å². The molecule has 0 unspecified atom stereocenters. The Labute approximate surface area is 113 Å². The van der Waals surface area contributed by atoms with Gasteiger partial charge in [-0.3, -0.25) is 4.79 Å². The molecule has 1 aromatic heterocycles. The number of aryl methyl sites for hydroxylation is 1. The van der Waals surface area contributed by atoms with Crippen molar-refractivity contribution in [2.45, 2.75) is 12.1 Å². The Morgan fingerprint density at radius 3 is 3.00 bits per heavy atom. The lowest BCUT2D eigenvalue weighted by Crippen LogP contribution is -2.16. The van der Waals surface area contributed by atoms with E-state index in [1.54, 1.807) is 13.0 Å².